The van der Waals surface area contributed by atoms with E-state index in [2.05, 4.69) is 10.8 Å². The average Bonchev–Trinajstić information content (AvgIpc) is 2.90. The van der Waals surface area contributed by atoms with Crippen LogP contribution in [0.5, 0.6) is 0 Å². The lowest BCUT2D eigenvalue weighted by Gasteiger charge is -2.35. The van der Waals surface area contributed by atoms with Gasteiger partial charge in [0.05, 0.1) is 31.3 Å². The largest absolute Gasteiger partial charge is 0.465 e. The Hall–Kier alpha value is -2.69. The van der Waals surface area contributed by atoms with Gasteiger partial charge in [0.25, 0.3) is 0 Å². The lowest BCUT2D eigenvalue weighted by molar-refractivity contribution is -0.160. The van der Waals surface area contributed by atoms with E-state index in [1.165, 1.54) is 0 Å². The highest BCUT2D eigenvalue weighted by atomic mass is 32.3. The zero-order chi connectivity index (χ0) is 30.7. The van der Waals surface area contributed by atoms with Gasteiger partial charge >= 0.3 is 28.5 Å². The fourth-order valence-electron chi connectivity index (χ4n) is 4.80. The molecule has 4 amide bonds. The topological polar surface area (TPSA) is 202 Å². The van der Waals surface area contributed by atoms with Crippen LogP contribution in [0.3, 0.4) is 0 Å². The first-order chi connectivity index (χ1) is 19.2. The van der Waals surface area contributed by atoms with Crippen LogP contribution in [0.2, 0.25) is 0 Å². The smallest absolute Gasteiger partial charge is 0.421 e. The molecule has 0 aliphatic heterocycles. The second-order valence-electron chi connectivity index (χ2n) is 11.2. The van der Waals surface area contributed by atoms with E-state index in [1.807, 2.05) is 0 Å². The summed E-state index contributed by atoms with van der Waals surface area (Å²) in [5, 5.41) is 3.04. The van der Waals surface area contributed by atoms with Crippen LogP contribution in [0.4, 0.5) is 9.59 Å². The third-order valence-electron chi connectivity index (χ3n) is 6.83. The highest BCUT2D eigenvalue weighted by molar-refractivity contribution is 7.81. The summed E-state index contributed by atoms with van der Waals surface area (Å²) >= 11 is 0. The molecule has 0 unspecified atom stereocenters. The van der Waals surface area contributed by atoms with E-state index in [0.29, 0.717) is 30.7 Å². The molecule has 41 heavy (non-hydrogen) atoms. The van der Waals surface area contributed by atoms with Crippen molar-refractivity contribution in [2.45, 2.75) is 97.1 Å². The van der Waals surface area contributed by atoms with Crippen molar-refractivity contribution < 1.29 is 50.4 Å². The van der Waals surface area contributed by atoms with Gasteiger partial charge in [-0.05, 0) is 66.2 Å². The number of urea groups is 1. The van der Waals surface area contributed by atoms with E-state index in [0.717, 1.165) is 19.3 Å². The Kier molecular flexibility index (Phi) is 13.1. The molecule has 0 aromatic heterocycles. The third kappa shape index (κ3) is 11.6. The molecule has 0 heterocycles. The maximum absolute atomic E-state index is 12.6. The zero-order valence-electron chi connectivity index (χ0n) is 24.3. The second-order valence-corrected chi connectivity index (χ2v) is 12.4. The van der Waals surface area contributed by atoms with E-state index in [-0.39, 0.29) is 38.5 Å². The van der Waals surface area contributed by atoms with Crippen molar-refractivity contribution in [2.75, 3.05) is 26.4 Å². The van der Waals surface area contributed by atoms with Crippen molar-refractivity contribution in [3.05, 3.63) is 0 Å². The monoisotopic (exact) mass is 608 g/mol. The number of esters is 1. The second kappa shape index (κ2) is 15.5. The lowest BCUT2D eigenvalue weighted by Crippen LogP contribution is -2.48. The molecule has 0 atom stereocenters. The molecule has 16 heteroatoms. The quantitative estimate of drug-likeness (QED) is 0.157. The molecule has 15 nitrogen and oxygen atoms in total. The summed E-state index contributed by atoms with van der Waals surface area (Å²) in [5.74, 6) is -1.37. The van der Waals surface area contributed by atoms with Gasteiger partial charge in [-0.1, -0.05) is 19.3 Å². The summed E-state index contributed by atoms with van der Waals surface area (Å²) in [5.41, 5.74) is 5.99. The minimum atomic E-state index is -4.75. The van der Waals surface area contributed by atoms with E-state index < -0.39 is 58.1 Å². The minimum Gasteiger partial charge on any atom is -0.465 e. The molecule has 4 N–H and O–H groups in total. The summed E-state index contributed by atoms with van der Waals surface area (Å²) in [6.45, 7) is 6.68. The molecule has 0 aromatic rings. The van der Waals surface area contributed by atoms with Gasteiger partial charge < -0.3 is 20.5 Å². The Balaban J connectivity index is 1.82. The molecule has 0 bridgehead atoms. The SMILES string of the molecule is CCOC(=O)C1(COS(=O)(=O)ON(C(N)=O)C2CCC(C(=O)NOCCNC(=O)OC(C)(C)C)CC2)CCCCC1. The number of ether oxygens (including phenoxy) is 2. The molecule has 2 aliphatic carbocycles. The first-order valence-corrected chi connectivity index (χ1v) is 15.2. The predicted molar refractivity (Wildman–Crippen MR) is 144 cm³/mol. The summed E-state index contributed by atoms with van der Waals surface area (Å²) in [7, 11) is -4.75. The summed E-state index contributed by atoms with van der Waals surface area (Å²) < 4.78 is 45.5. The number of nitrogens with one attached hydrogen (secondary N) is 2. The lowest BCUT2D eigenvalue weighted by atomic mass is 9.75. The van der Waals surface area contributed by atoms with Gasteiger partial charge in [0.1, 0.15) is 5.60 Å². The predicted octanol–water partition coefficient (Wildman–Crippen LogP) is 2.21. The molecule has 0 saturated heterocycles. The number of carbonyl (C=O) groups excluding carboxylic acids is 4. The molecule has 236 valence electrons. The van der Waals surface area contributed by atoms with Crippen LogP contribution < -0.4 is 16.5 Å². The molecule has 2 saturated carbocycles. The van der Waals surface area contributed by atoms with Gasteiger partial charge in [0.2, 0.25) is 5.91 Å². The van der Waals surface area contributed by atoms with Crippen molar-refractivity contribution in [1.29, 1.82) is 0 Å². The third-order valence-corrected chi connectivity index (χ3v) is 7.58. The number of nitrogens with zero attached hydrogens (tertiary/aromatic N) is 1. The summed E-state index contributed by atoms with van der Waals surface area (Å²) in [6, 6.07) is -1.86. The number of hydrogen-bond donors (Lipinski definition) is 3. The molecule has 2 rings (SSSR count). The first kappa shape index (κ1) is 34.5. The van der Waals surface area contributed by atoms with Crippen molar-refractivity contribution in [3.8, 4) is 0 Å². The minimum absolute atomic E-state index is 0.0128. The Labute approximate surface area is 241 Å². The van der Waals surface area contributed by atoms with Crippen LogP contribution in [0.15, 0.2) is 0 Å². The van der Waals surface area contributed by atoms with Gasteiger partial charge in [-0.15, -0.1) is 4.28 Å². The van der Waals surface area contributed by atoms with Crippen molar-refractivity contribution >= 4 is 34.4 Å². The molecule has 2 aliphatic rings. The van der Waals surface area contributed by atoms with Crippen LogP contribution in [-0.4, -0.2) is 75.5 Å². The number of hydrogen-bond acceptors (Lipinski definition) is 11. The van der Waals surface area contributed by atoms with Crippen molar-refractivity contribution in [1.82, 2.24) is 15.9 Å². The number of amides is 4. The highest BCUT2D eigenvalue weighted by Crippen LogP contribution is 2.38. The fourth-order valence-corrected chi connectivity index (χ4v) is 5.60. The number of alkyl carbamates (subject to hydrolysis) is 1. The molecular weight excluding hydrogens is 564 g/mol. The number of hydroxylamine groups is 3. The zero-order valence-corrected chi connectivity index (χ0v) is 25.1. The van der Waals surface area contributed by atoms with Gasteiger partial charge in [0, 0.05) is 12.5 Å². The van der Waals surface area contributed by atoms with Crippen LogP contribution in [0.1, 0.15) is 85.5 Å². The van der Waals surface area contributed by atoms with Crippen LogP contribution in [-0.2, 0) is 42.8 Å². The molecule has 0 aromatic carbocycles. The number of rotatable bonds is 13. The van der Waals surface area contributed by atoms with Gasteiger partial charge in [-0.2, -0.15) is 13.5 Å². The number of nitrogens with two attached hydrogens (primary N) is 1. The van der Waals surface area contributed by atoms with Crippen LogP contribution in [0, 0.1) is 11.3 Å². The highest BCUT2D eigenvalue weighted by Gasteiger charge is 2.43. The Bertz CT molecular complexity index is 1000. The van der Waals surface area contributed by atoms with E-state index in [9.17, 15) is 27.6 Å². The fraction of sp³-hybridized carbons (Fsp3) is 0.840. The van der Waals surface area contributed by atoms with E-state index >= 15 is 0 Å². The average molecular weight is 609 g/mol. The van der Waals surface area contributed by atoms with Gasteiger partial charge in [-0.25, -0.2) is 19.3 Å². The van der Waals surface area contributed by atoms with E-state index in [1.54, 1.807) is 27.7 Å². The molecular formula is C25H44N4O11S. The maximum atomic E-state index is 12.6. The van der Waals surface area contributed by atoms with E-state index in [4.69, 9.17) is 28.5 Å². The normalized spacial score (nSPS) is 20.9. The molecule has 0 radical (unpaired) electrons. The van der Waals surface area contributed by atoms with Crippen molar-refractivity contribution in [3.63, 3.8) is 0 Å². The number of carbonyl (C=O) groups is 4. The van der Waals surface area contributed by atoms with Gasteiger partial charge in [-0.3, -0.25) is 14.4 Å². The van der Waals surface area contributed by atoms with Crippen molar-refractivity contribution in [2.24, 2.45) is 17.1 Å². The van der Waals surface area contributed by atoms with Crippen LogP contribution >= 0.6 is 0 Å². The van der Waals surface area contributed by atoms with Crippen LogP contribution in [0.25, 0.3) is 0 Å². The number of primary amides is 1. The Morgan fingerprint density at radius 3 is 2.22 bits per heavy atom. The standard InChI is InChI=1S/C25H44N4O11S/c1-5-36-21(31)25(13-7-6-8-14-25)17-38-41(34,35)40-29(22(26)32)19-11-9-18(10-12-19)20(30)28-37-16-15-27-23(33)39-24(2,3)4/h18-19H,5-17H2,1-4H3,(H2,26,32)(H,27,33)(H,28,30). The first-order valence-electron chi connectivity index (χ1n) is 13.9. The Morgan fingerprint density at radius 2 is 1.66 bits per heavy atom. The Morgan fingerprint density at radius 1 is 1.02 bits per heavy atom. The summed E-state index contributed by atoms with van der Waals surface area (Å²) in [4.78, 5) is 53.8. The molecule has 0 spiro atoms. The maximum Gasteiger partial charge on any atom is 0.421 e. The summed E-state index contributed by atoms with van der Waals surface area (Å²) in [6.07, 6.45) is 3.64. The molecule has 2 fully saturated rings. The van der Waals surface area contributed by atoms with Gasteiger partial charge in [0.15, 0.2) is 0 Å².